The van der Waals surface area contributed by atoms with Gasteiger partial charge in [-0.25, -0.2) is 0 Å². The number of hydrogen-bond donors (Lipinski definition) is 1. The fraction of sp³-hybridized carbons (Fsp3) is 1.00. The Morgan fingerprint density at radius 3 is 1.14 bits per heavy atom. The molecule has 0 aromatic rings. The van der Waals surface area contributed by atoms with E-state index in [1.54, 1.807) is 6.92 Å². The Hall–Kier alpha value is 1.41. The number of halogens is 3. The summed E-state index contributed by atoms with van der Waals surface area (Å²) in [5, 5.41) is 7.57. The first kappa shape index (κ1) is 39.7. The van der Waals surface area contributed by atoms with Crippen molar-refractivity contribution in [3.8, 4) is 0 Å². The minimum Gasteiger partial charge on any atom is -1.00 e. The quantitative estimate of drug-likeness (QED) is 0.415. The van der Waals surface area contributed by atoms with Crippen molar-refractivity contribution >= 4 is 0 Å². The van der Waals surface area contributed by atoms with Crippen molar-refractivity contribution in [1.82, 2.24) is 0 Å². The molecule has 0 aliphatic rings. The van der Waals surface area contributed by atoms with E-state index >= 15 is 0 Å². The van der Waals surface area contributed by atoms with Crippen molar-refractivity contribution in [3.05, 3.63) is 0 Å². The maximum Gasteiger partial charge on any atom is 0.0402 e. The number of hydrogen-bond acceptors (Lipinski definition) is 1. The Kier molecular flexibility index (Phi) is 297. The summed E-state index contributed by atoms with van der Waals surface area (Å²) in [6.07, 6.45) is 0. The van der Waals surface area contributed by atoms with Gasteiger partial charge in [-0.1, -0.05) is 0 Å². The Balaban J connectivity index is -0.00000000333. The standard InChI is InChI=1S/C2H6O.3ClH.V/c1-2-3;;;;/h3H,2H2,1H3;3*1H;/p-3. The van der Waals surface area contributed by atoms with Crippen molar-refractivity contribution in [2.45, 2.75) is 6.92 Å². The van der Waals surface area contributed by atoms with Gasteiger partial charge in [0.2, 0.25) is 0 Å². The second-order valence-corrected chi connectivity index (χ2v) is 0.316. The second-order valence-electron chi connectivity index (χ2n) is 0.316. The van der Waals surface area contributed by atoms with Crippen LogP contribution in [0.4, 0.5) is 0 Å². The van der Waals surface area contributed by atoms with Gasteiger partial charge in [-0.15, -0.1) is 0 Å². The molecule has 0 aliphatic heterocycles. The number of aliphatic hydroxyl groups is 1. The summed E-state index contributed by atoms with van der Waals surface area (Å²) in [5.41, 5.74) is 0. The first-order chi connectivity index (χ1) is 1.41. The molecule has 1 radical (unpaired) electrons. The van der Waals surface area contributed by atoms with Crippen LogP contribution in [0.1, 0.15) is 6.92 Å². The van der Waals surface area contributed by atoms with Crippen LogP contribution in [0.2, 0.25) is 0 Å². The van der Waals surface area contributed by atoms with E-state index in [1.165, 1.54) is 0 Å². The summed E-state index contributed by atoms with van der Waals surface area (Å²) in [6, 6.07) is 0. The maximum atomic E-state index is 7.57. The monoisotopic (exact) mass is 202 g/mol. The molecule has 0 bridgehead atoms. The van der Waals surface area contributed by atoms with Crippen molar-refractivity contribution < 1.29 is 60.9 Å². The van der Waals surface area contributed by atoms with Crippen LogP contribution in [0.25, 0.3) is 0 Å². The summed E-state index contributed by atoms with van der Waals surface area (Å²) in [5.74, 6) is 0. The predicted molar refractivity (Wildman–Crippen MR) is 12.8 cm³/mol. The van der Waals surface area contributed by atoms with Crippen LogP contribution >= 0.6 is 0 Å². The summed E-state index contributed by atoms with van der Waals surface area (Å²) < 4.78 is 0. The SMILES string of the molecule is CCO.[Cl-].[Cl-].[Cl-].[V]. The van der Waals surface area contributed by atoms with Crippen LogP contribution < -0.4 is 37.2 Å². The Morgan fingerprint density at radius 2 is 1.14 bits per heavy atom. The molecule has 0 aliphatic carbocycles. The second kappa shape index (κ2) is 52.3. The number of rotatable bonds is 0. The number of aliphatic hydroxyl groups excluding tert-OH is 1. The van der Waals surface area contributed by atoms with Crippen LogP contribution in [0.15, 0.2) is 0 Å². The molecule has 0 aromatic heterocycles. The molecular formula is C2H6Cl3OV-3. The minimum atomic E-state index is 0. The summed E-state index contributed by atoms with van der Waals surface area (Å²) in [6.45, 7) is 1.93. The molecule has 1 nitrogen and oxygen atoms in total. The molecule has 49 valence electrons. The first-order valence-corrected chi connectivity index (χ1v) is 1.02. The van der Waals surface area contributed by atoms with E-state index in [0.29, 0.717) is 0 Å². The van der Waals surface area contributed by atoms with E-state index in [9.17, 15) is 0 Å². The van der Waals surface area contributed by atoms with E-state index < -0.39 is 0 Å². The largest absolute Gasteiger partial charge is 1.00 e. The molecule has 0 saturated heterocycles. The molecule has 0 saturated carbocycles. The third kappa shape index (κ3) is 109. The summed E-state index contributed by atoms with van der Waals surface area (Å²) in [7, 11) is 0. The molecular weight excluding hydrogens is 197 g/mol. The van der Waals surface area contributed by atoms with E-state index in [2.05, 4.69) is 0 Å². The fourth-order valence-corrected chi connectivity index (χ4v) is 0. The van der Waals surface area contributed by atoms with Gasteiger partial charge in [-0.05, 0) is 6.92 Å². The molecule has 7 heavy (non-hydrogen) atoms. The van der Waals surface area contributed by atoms with Gasteiger partial charge in [-0.2, -0.15) is 0 Å². The molecule has 0 rings (SSSR count). The van der Waals surface area contributed by atoms with E-state index in [-0.39, 0.29) is 62.4 Å². The van der Waals surface area contributed by atoms with Gasteiger partial charge in [0.1, 0.15) is 0 Å². The molecule has 0 spiro atoms. The Bertz CT molecular complexity index is 12.9. The van der Waals surface area contributed by atoms with Gasteiger partial charge < -0.3 is 42.3 Å². The van der Waals surface area contributed by atoms with Crippen molar-refractivity contribution in [2.75, 3.05) is 6.61 Å². The average Bonchev–Trinajstić information content (AvgIpc) is 0.918. The van der Waals surface area contributed by atoms with Gasteiger partial charge in [0.15, 0.2) is 0 Å². The third-order valence-corrected chi connectivity index (χ3v) is 0. The Labute approximate surface area is 74.4 Å². The predicted octanol–water partition coefficient (Wildman–Crippen LogP) is -8.99. The topological polar surface area (TPSA) is 20.2 Å². The van der Waals surface area contributed by atoms with Crippen LogP contribution in [0.3, 0.4) is 0 Å². The molecule has 1 N–H and O–H groups in total. The zero-order chi connectivity index (χ0) is 2.71. The Morgan fingerprint density at radius 1 is 1.14 bits per heavy atom. The molecule has 0 atom stereocenters. The zero-order valence-electron chi connectivity index (χ0n) is 3.74. The maximum absolute atomic E-state index is 7.57. The van der Waals surface area contributed by atoms with Crippen LogP contribution in [0, 0.1) is 0 Å². The van der Waals surface area contributed by atoms with E-state index in [0.717, 1.165) is 0 Å². The van der Waals surface area contributed by atoms with Crippen LogP contribution in [-0.4, -0.2) is 11.7 Å². The van der Waals surface area contributed by atoms with Gasteiger partial charge in [0.25, 0.3) is 0 Å². The van der Waals surface area contributed by atoms with Crippen LogP contribution in [-0.2, 0) is 18.6 Å². The van der Waals surface area contributed by atoms with Gasteiger partial charge in [-0.3, -0.25) is 0 Å². The minimum absolute atomic E-state index is 0. The van der Waals surface area contributed by atoms with Crippen molar-refractivity contribution in [1.29, 1.82) is 0 Å². The normalized spacial score (nSPS) is 2.57. The first-order valence-electron chi connectivity index (χ1n) is 1.02. The molecule has 0 heterocycles. The molecule has 0 amide bonds. The fourth-order valence-electron chi connectivity index (χ4n) is 0. The zero-order valence-corrected chi connectivity index (χ0v) is 7.40. The molecule has 0 unspecified atom stereocenters. The summed E-state index contributed by atoms with van der Waals surface area (Å²) >= 11 is 0. The third-order valence-electron chi connectivity index (χ3n) is 0. The van der Waals surface area contributed by atoms with Crippen molar-refractivity contribution in [3.63, 3.8) is 0 Å². The van der Waals surface area contributed by atoms with E-state index in [4.69, 9.17) is 5.11 Å². The van der Waals surface area contributed by atoms with E-state index in [1.807, 2.05) is 0 Å². The summed E-state index contributed by atoms with van der Waals surface area (Å²) in [4.78, 5) is 0. The van der Waals surface area contributed by atoms with Gasteiger partial charge >= 0.3 is 0 Å². The molecule has 5 heteroatoms. The molecule has 0 fully saturated rings. The molecule has 0 aromatic carbocycles. The average molecular weight is 203 g/mol. The van der Waals surface area contributed by atoms with Gasteiger partial charge in [0.05, 0.1) is 0 Å². The van der Waals surface area contributed by atoms with Gasteiger partial charge in [0, 0.05) is 25.2 Å². The smallest absolute Gasteiger partial charge is 0.0402 e. The van der Waals surface area contributed by atoms with Crippen molar-refractivity contribution in [2.24, 2.45) is 0 Å². The van der Waals surface area contributed by atoms with Crippen LogP contribution in [0.5, 0.6) is 0 Å².